The van der Waals surface area contributed by atoms with Crippen molar-refractivity contribution in [2.75, 3.05) is 26.3 Å². The lowest BCUT2D eigenvalue weighted by Crippen LogP contribution is -2.37. The number of aliphatic hydroxyl groups excluding tert-OH is 1. The number of aliphatic hydroxyl groups is 1. The summed E-state index contributed by atoms with van der Waals surface area (Å²) in [4.78, 5) is 14.3. The van der Waals surface area contributed by atoms with Crippen LogP contribution in [0.2, 0.25) is 0 Å². The average Bonchev–Trinajstić information content (AvgIpc) is 2.58. The highest BCUT2D eigenvalue weighted by Crippen LogP contribution is 2.24. The first kappa shape index (κ1) is 18.1. The van der Waals surface area contributed by atoms with Crippen LogP contribution in [-0.2, 0) is 11.3 Å². The predicted octanol–water partition coefficient (Wildman–Crippen LogP) is 2.77. The van der Waals surface area contributed by atoms with Crippen LogP contribution in [-0.4, -0.2) is 42.4 Å². The van der Waals surface area contributed by atoms with Crippen LogP contribution in [0, 0.1) is 13.8 Å². The summed E-state index contributed by atoms with van der Waals surface area (Å²) in [6.07, 6.45) is 2.96. The van der Waals surface area contributed by atoms with E-state index in [1.807, 2.05) is 13.0 Å². The molecule has 1 aliphatic heterocycles. The number of benzene rings is 1. The predicted molar refractivity (Wildman–Crippen MR) is 97.9 cm³/mol. The molecule has 0 unspecified atom stereocenters. The standard InChI is InChI=1S/C20H27NO4/c1-14-10-18-16(12-20(23)25-19(18)11-15(14)2)13-21-6-4-17(5-7-21)24-9-3-8-22/h10-12,17,22H,3-9,13H2,1-2H3. The highest BCUT2D eigenvalue weighted by molar-refractivity contribution is 5.81. The normalized spacial score (nSPS) is 16.6. The third kappa shape index (κ3) is 4.48. The van der Waals surface area contributed by atoms with Crippen LogP contribution in [0.4, 0.5) is 0 Å². The number of nitrogens with zero attached hydrogens (tertiary/aromatic N) is 1. The molecule has 0 saturated carbocycles. The highest BCUT2D eigenvalue weighted by atomic mass is 16.5. The van der Waals surface area contributed by atoms with Crippen LogP contribution >= 0.6 is 0 Å². The Kier molecular flexibility index (Phi) is 5.89. The van der Waals surface area contributed by atoms with Gasteiger partial charge in [-0.1, -0.05) is 0 Å². The minimum atomic E-state index is -0.284. The highest BCUT2D eigenvalue weighted by Gasteiger charge is 2.20. The number of aryl methyl sites for hydroxylation is 2. The smallest absolute Gasteiger partial charge is 0.336 e. The fourth-order valence-electron chi connectivity index (χ4n) is 3.40. The van der Waals surface area contributed by atoms with Crippen molar-refractivity contribution in [2.45, 2.75) is 45.8 Å². The van der Waals surface area contributed by atoms with E-state index in [9.17, 15) is 4.79 Å². The number of rotatable bonds is 6. The molecule has 1 N–H and O–H groups in total. The van der Waals surface area contributed by atoms with Crippen molar-refractivity contribution in [1.82, 2.24) is 4.90 Å². The summed E-state index contributed by atoms with van der Waals surface area (Å²) in [7, 11) is 0. The van der Waals surface area contributed by atoms with Gasteiger partial charge >= 0.3 is 5.63 Å². The van der Waals surface area contributed by atoms with Gasteiger partial charge in [-0.2, -0.15) is 0 Å². The van der Waals surface area contributed by atoms with Gasteiger partial charge in [0.05, 0.1) is 6.10 Å². The molecule has 1 aromatic carbocycles. The molecule has 5 nitrogen and oxygen atoms in total. The van der Waals surface area contributed by atoms with Crippen molar-refractivity contribution in [2.24, 2.45) is 0 Å². The second-order valence-electron chi connectivity index (χ2n) is 6.95. The molecule has 2 heterocycles. The molecular weight excluding hydrogens is 318 g/mol. The van der Waals surface area contributed by atoms with Crippen LogP contribution < -0.4 is 5.63 Å². The van der Waals surface area contributed by atoms with E-state index in [0.29, 0.717) is 18.6 Å². The first-order valence-corrected chi connectivity index (χ1v) is 9.05. The average molecular weight is 345 g/mol. The lowest BCUT2D eigenvalue weighted by Gasteiger charge is -2.32. The zero-order chi connectivity index (χ0) is 17.8. The third-order valence-electron chi connectivity index (χ3n) is 5.03. The second kappa shape index (κ2) is 8.13. The second-order valence-corrected chi connectivity index (χ2v) is 6.95. The molecule has 136 valence electrons. The van der Waals surface area contributed by atoms with E-state index in [1.54, 1.807) is 6.07 Å². The number of fused-ring (bicyclic) bond motifs is 1. The molecule has 0 amide bonds. The number of likely N-dealkylation sites (tertiary alicyclic amines) is 1. The van der Waals surface area contributed by atoms with Gasteiger partial charge in [-0.15, -0.1) is 0 Å². The van der Waals surface area contributed by atoms with E-state index in [0.717, 1.165) is 49.0 Å². The SMILES string of the molecule is Cc1cc2oc(=O)cc(CN3CCC(OCCCO)CC3)c2cc1C. The number of ether oxygens (including phenoxy) is 1. The monoisotopic (exact) mass is 345 g/mol. The van der Waals surface area contributed by atoms with E-state index < -0.39 is 0 Å². The van der Waals surface area contributed by atoms with E-state index in [4.69, 9.17) is 14.3 Å². The third-order valence-corrected chi connectivity index (χ3v) is 5.03. The number of piperidine rings is 1. The van der Waals surface area contributed by atoms with Crippen LogP contribution in [0.15, 0.2) is 27.4 Å². The molecule has 0 bridgehead atoms. The minimum absolute atomic E-state index is 0.182. The van der Waals surface area contributed by atoms with Crippen molar-refractivity contribution in [3.8, 4) is 0 Å². The maximum Gasteiger partial charge on any atom is 0.336 e. The molecule has 3 rings (SSSR count). The van der Waals surface area contributed by atoms with Gasteiger partial charge in [0, 0.05) is 44.3 Å². The van der Waals surface area contributed by atoms with Crippen molar-refractivity contribution >= 4 is 11.0 Å². The lowest BCUT2D eigenvalue weighted by molar-refractivity contribution is 0.000836. The molecule has 5 heteroatoms. The maximum atomic E-state index is 11.9. The number of hydrogen-bond donors (Lipinski definition) is 1. The molecule has 25 heavy (non-hydrogen) atoms. The maximum absolute atomic E-state index is 11.9. The Bertz CT molecular complexity index is 775. The molecule has 1 aromatic heterocycles. The summed E-state index contributed by atoms with van der Waals surface area (Å²) < 4.78 is 11.2. The molecule has 0 spiro atoms. The van der Waals surface area contributed by atoms with Crippen LogP contribution in [0.3, 0.4) is 0 Å². The zero-order valence-electron chi connectivity index (χ0n) is 15.1. The van der Waals surface area contributed by atoms with Gasteiger partial charge in [0.25, 0.3) is 0 Å². The van der Waals surface area contributed by atoms with Gasteiger partial charge in [0.1, 0.15) is 5.58 Å². The largest absolute Gasteiger partial charge is 0.423 e. The summed E-state index contributed by atoms with van der Waals surface area (Å²) in [6.45, 7) is 7.59. The minimum Gasteiger partial charge on any atom is -0.423 e. The van der Waals surface area contributed by atoms with E-state index in [1.165, 1.54) is 5.56 Å². The van der Waals surface area contributed by atoms with Gasteiger partial charge in [-0.3, -0.25) is 4.90 Å². The van der Waals surface area contributed by atoms with Gasteiger partial charge in [0.2, 0.25) is 0 Å². The molecule has 0 radical (unpaired) electrons. The summed E-state index contributed by atoms with van der Waals surface area (Å²) in [5.74, 6) is 0. The summed E-state index contributed by atoms with van der Waals surface area (Å²) in [6, 6.07) is 5.70. The lowest BCUT2D eigenvalue weighted by atomic mass is 10.0. The molecular formula is C20H27NO4. The van der Waals surface area contributed by atoms with Crippen molar-refractivity contribution in [3.05, 3.63) is 45.3 Å². The van der Waals surface area contributed by atoms with Gasteiger partial charge in [-0.05, 0) is 61.9 Å². The quantitative estimate of drug-likeness (QED) is 0.644. The van der Waals surface area contributed by atoms with E-state index in [2.05, 4.69) is 17.9 Å². The van der Waals surface area contributed by atoms with Crippen molar-refractivity contribution < 1.29 is 14.3 Å². The summed E-state index contributed by atoms with van der Waals surface area (Å²) in [5.41, 5.74) is 3.77. The molecule has 0 aliphatic carbocycles. The molecule has 1 aliphatic rings. The molecule has 1 saturated heterocycles. The fourth-order valence-corrected chi connectivity index (χ4v) is 3.40. The van der Waals surface area contributed by atoms with Crippen LogP contribution in [0.5, 0.6) is 0 Å². The van der Waals surface area contributed by atoms with E-state index >= 15 is 0 Å². The Hall–Kier alpha value is -1.69. The topological polar surface area (TPSA) is 62.9 Å². The Morgan fingerprint density at radius 3 is 2.64 bits per heavy atom. The molecule has 1 fully saturated rings. The van der Waals surface area contributed by atoms with Crippen molar-refractivity contribution in [1.29, 1.82) is 0 Å². The zero-order valence-corrected chi connectivity index (χ0v) is 15.1. The molecule has 2 aromatic rings. The molecule has 0 atom stereocenters. The van der Waals surface area contributed by atoms with E-state index in [-0.39, 0.29) is 18.3 Å². The summed E-state index contributed by atoms with van der Waals surface area (Å²) in [5, 5.41) is 9.86. The Morgan fingerprint density at radius 1 is 1.20 bits per heavy atom. The van der Waals surface area contributed by atoms with Crippen LogP contribution in [0.25, 0.3) is 11.0 Å². The first-order valence-electron chi connectivity index (χ1n) is 9.05. The van der Waals surface area contributed by atoms with Gasteiger partial charge in [-0.25, -0.2) is 4.79 Å². The Morgan fingerprint density at radius 2 is 1.92 bits per heavy atom. The van der Waals surface area contributed by atoms with Crippen molar-refractivity contribution in [3.63, 3.8) is 0 Å². The first-order chi connectivity index (χ1) is 12.1. The van der Waals surface area contributed by atoms with Gasteiger partial charge < -0.3 is 14.3 Å². The van der Waals surface area contributed by atoms with Gasteiger partial charge in [0.15, 0.2) is 0 Å². The Labute approximate surface area is 148 Å². The number of hydrogen-bond acceptors (Lipinski definition) is 5. The van der Waals surface area contributed by atoms with Crippen LogP contribution in [0.1, 0.15) is 36.0 Å². The summed E-state index contributed by atoms with van der Waals surface area (Å²) >= 11 is 0. The fraction of sp³-hybridized carbons (Fsp3) is 0.550. The Balaban J connectivity index is 1.69.